The van der Waals surface area contributed by atoms with E-state index in [1.54, 1.807) is 14.0 Å². The number of Topliss-reactive ketones (excluding diaryl/α,β-unsaturated/α-hetero) is 1. The molecule has 4 heteroatoms. The summed E-state index contributed by atoms with van der Waals surface area (Å²) < 4.78 is 9.79. The van der Waals surface area contributed by atoms with Crippen molar-refractivity contribution in [2.24, 2.45) is 0 Å². The molecule has 0 aromatic rings. The minimum Gasteiger partial charge on any atom is -0.469 e. The van der Waals surface area contributed by atoms with Gasteiger partial charge >= 0.3 is 5.97 Å². The first-order chi connectivity index (χ1) is 8.10. The fraction of sp³-hybridized carbons (Fsp3) is 0.846. The topological polar surface area (TPSA) is 52.6 Å². The molecule has 0 spiro atoms. The first-order valence-corrected chi connectivity index (χ1v) is 6.19. The number of carbonyl (C=O) groups excluding carboxylic acids is 2. The number of ketones is 1. The third-order valence-electron chi connectivity index (χ3n) is 2.73. The van der Waals surface area contributed by atoms with Crippen molar-refractivity contribution in [1.82, 2.24) is 0 Å². The molecule has 0 aliphatic heterocycles. The second kappa shape index (κ2) is 10.3. The Hall–Kier alpha value is -0.900. The highest BCUT2D eigenvalue weighted by Crippen LogP contribution is 2.12. The summed E-state index contributed by atoms with van der Waals surface area (Å²) in [5, 5.41) is 0. The fourth-order valence-corrected chi connectivity index (χ4v) is 1.72. The molecule has 0 aliphatic carbocycles. The summed E-state index contributed by atoms with van der Waals surface area (Å²) >= 11 is 0. The average Bonchev–Trinajstić information content (AvgIpc) is 2.30. The Morgan fingerprint density at radius 1 is 1.06 bits per heavy atom. The van der Waals surface area contributed by atoms with Crippen LogP contribution in [-0.4, -0.2) is 32.1 Å². The molecule has 0 radical (unpaired) electrons. The van der Waals surface area contributed by atoms with Crippen LogP contribution in [0.25, 0.3) is 0 Å². The van der Waals surface area contributed by atoms with Gasteiger partial charge in [-0.1, -0.05) is 19.3 Å². The lowest BCUT2D eigenvalue weighted by Gasteiger charge is -2.13. The number of hydrogen-bond donors (Lipinski definition) is 0. The van der Waals surface area contributed by atoms with Gasteiger partial charge in [-0.25, -0.2) is 0 Å². The van der Waals surface area contributed by atoms with Gasteiger partial charge in [0.15, 0.2) is 0 Å². The van der Waals surface area contributed by atoms with Gasteiger partial charge in [0.05, 0.1) is 13.2 Å². The Bertz CT molecular complexity index is 225. The summed E-state index contributed by atoms with van der Waals surface area (Å²) in [6.45, 7) is 1.59. The van der Waals surface area contributed by atoms with Gasteiger partial charge in [-0.3, -0.25) is 9.59 Å². The van der Waals surface area contributed by atoms with E-state index in [1.165, 1.54) is 7.11 Å². The normalized spacial score (nSPS) is 12.2. The van der Waals surface area contributed by atoms with Gasteiger partial charge in [0, 0.05) is 20.0 Å². The van der Waals surface area contributed by atoms with E-state index in [-0.39, 0.29) is 17.9 Å². The molecule has 0 fully saturated rings. The quantitative estimate of drug-likeness (QED) is 0.437. The van der Waals surface area contributed by atoms with Crippen LogP contribution in [0.4, 0.5) is 0 Å². The summed E-state index contributed by atoms with van der Waals surface area (Å²) in [5.74, 6) is 0.0267. The van der Waals surface area contributed by atoms with E-state index >= 15 is 0 Å². The molecule has 1 atom stereocenters. The second-order valence-corrected chi connectivity index (χ2v) is 4.29. The summed E-state index contributed by atoms with van der Waals surface area (Å²) in [6.07, 6.45) is 5.95. The van der Waals surface area contributed by atoms with Crippen molar-refractivity contribution in [2.45, 2.75) is 58.0 Å². The minimum atomic E-state index is -0.142. The zero-order chi connectivity index (χ0) is 13.1. The molecule has 100 valence electrons. The second-order valence-electron chi connectivity index (χ2n) is 4.29. The molecular formula is C13H24O4. The third-order valence-corrected chi connectivity index (χ3v) is 2.73. The molecule has 0 heterocycles. The molecule has 0 saturated carbocycles. The van der Waals surface area contributed by atoms with Crippen LogP contribution in [0.15, 0.2) is 0 Å². The summed E-state index contributed by atoms with van der Waals surface area (Å²) in [6, 6.07) is 0. The molecule has 0 aromatic carbocycles. The van der Waals surface area contributed by atoms with Crippen LogP contribution >= 0.6 is 0 Å². The highest BCUT2D eigenvalue weighted by Gasteiger charge is 2.09. The highest BCUT2D eigenvalue weighted by molar-refractivity contribution is 5.75. The Labute approximate surface area is 104 Å². The van der Waals surface area contributed by atoms with Crippen molar-refractivity contribution in [1.29, 1.82) is 0 Å². The Morgan fingerprint density at radius 3 is 2.24 bits per heavy atom. The van der Waals surface area contributed by atoms with Gasteiger partial charge in [-0.05, 0) is 19.8 Å². The lowest BCUT2D eigenvalue weighted by Crippen LogP contribution is -2.14. The van der Waals surface area contributed by atoms with E-state index in [9.17, 15) is 9.59 Å². The van der Waals surface area contributed by atoms with E-state index < -0.39 is 0 Å². The minimum absolute atomic E-state index is 0.0492. The standard InChI is InChI=1S/C13H24O4/c1-11(14)10-12(16-2)8-6-4-5-7-9-13(15)17-3/h12H,4-10H2,1-3H3. The van der Waals surface area contributed by atoms with Crippen molar-refractivity contribution in [2.75, 3.05) is 14.2 Å². The molecule has 17 heavy (non-hydrogen) atoms. The van der Waals surface area contributed by atoms with Gasteiger partial charge in [0.1, 0.15) is 5.78 Å². The van der Waals surface area contributed by atoms with Crippen molar-refractivity contribution in [3.63, 3.8) is 0 Å². The Morgan fingerprint density at radius 2 is 1.71 bits per heavy atom. The Balaban J connectivity index is 3.42. The van der Waals surface area contributed by atoms with Crippen LogP contribution in [0.5, 0.6) is 0 Å². The summed E-state index contributed by atoms with van der Waals surface area (Å²) in [5.41, 5.74) is 0. The first kappa shape index (κ1) is 16.1. The first-order valence-electron chi connectivity index (χ1n) is 6.19. The van der Waals surface area contributed by atoms with E-state index in [0.29, 0.717) is 12.8 Å². The molecule has 0 N–H and O–H groups in total. The van der Waals surface area contributed by atoms with E-state index in [1.807, 2.05) is 0 Å². The predicted molar refractivity (Wildman–Crippen MR) is 65.8 cm³/mol. The SMILES string of the molecule is COC(=O)CCCCCCC(CC(C)=O)OC. The van der Waals surface area contributed by atoms with Gasteiger partial charge in [0.2, 0.25) is 0 Å². The number of methoxy groups -OCH3 is 2. The number of rotatable bonds is 10. The monoisotopic (exact) mass is 244 g/mol. The molecular weight excluding hydrogens is 220 g/mol. The molecule has 1 unspecified atom stereocenters. The van der Waals surface area contributed by atoms with Crippen LogP contribution in [0, 0.1) is 0 Å². The van der Waals surface area contributed by atoms with E-state index in [0.717, 1.165) is 32.1 Å². The molecule has 0 saturated heterocycles. The van der Waals surface area contributed by atoms with E-state index in [4.69, 9.17) is 4.74 Å². The van der Waals surface area contributed by atoms with Crippen LogP contribution in [-0.2, 0) is 19.1 Å². The average molecular weight is 244 g/mol. The van der Waals surface area contributed by atoms with Gasteiger partial charge in [0.25, 0.3) is 0 Å². The van der Waals surface area contributed by atoms with Crippen LogP contribution in [0.2, 0.25) is 0 Å². The number of unbranched alkanes of at least 4 members (excludes halogenated alkanes) is 3. The molecule has 0 aliphatic rings. The zero-order valence-corrected chi connectivity index (χ0v) is 11.2. The number of ether oxygens (including phenoxy) is 2. The third kappa shape index (κ3) is 10.00. The van der Waals surface area contributed by atoms with Crippen molar-refractivity contribution in [3.8, 4) is 0 Å². The highest BCUT2D eigenvalue weighted by atomic mass is 16.5. The largest absolute Gasteiger partial charge is 0.469 e. The van der Waals surface area contributed by atoms with Crippen molar-refractivity contribution >= 4 is 11.8 Å². The van der Waals surface area contributed by atoms with Gasteiger partial charge in [-0.2, -0.15) is 0 Å². The predicted octanol–water partition coefficient (Wildman–Crippen LogP) is 2.49. The van der Waals surface area contributed by atoms with Crippen molar-refractivity contribution < 1.29 is 19.1 Å². The lowest BCUT2D eigenvalue weighted by atomic mass is 10.0. The zero-order valence-electron chi connectivity index (χ0n) is 11.2. The summed E-state index contributed by atoms with van der Waals surface area (Å²) in [7, 11) is 3.05. The number of esters is 1. The molecule has 0 aromatic heterocycles. The maximum absolute atomic E-state index is 10.9. The van der Waals surface area contributed by atoms with Gasteiger partial charge < -0.3 is 9.47 Å². The maximum Gasteiger partial charge on any atom is 0.305 e. The van der Waals surface area contributed by atoms with Crippen LogP contribution in [0.1, 0.15) is 51.9 Å². The van der Waals surface area contributed by atoms with Gasteiger partial charge in [-0.15, -0.1) is 0 Å². The molecule has 4 nitrogen and oxygen atoms in total. The molecule has 0 bridgehead atoms. The van der Waals surface area contributed by atoms with Crippen LogP contribution < -0.4 is 0 Å². The Kier molecular flexibility index (Phi) is 9.72. The van der Waals surface area contributed by atoms with E-state index in [2.05, 4.69) is 4.74 Å². The molecule has 0 rings (SSSR count). The molecule has 0 amide bonds. The maximum atomic E-state index is 10.9. The summed E-state index contributed by atoms with van der Waals surface area (Å²) in [4.78, 5) is 21.8. The van der Waals surface area contributed by atoms with Crippen molar-refractivity contribution in [3.05, 3.63) is 0 Å². The lowest BCUT2D eigenvalue weighted by molar-refractivity contribution is -0.140. The number of hydrogen-bond acceptors (Lipinski definition) is 4. The van der Waals surface area contributed by atoms with Crippen LogP contribution in [0.3, 0.4) is 0 Å². The smallest absolute Gasteiger partial charge is 0.305 e. The fourth-order valence-electron chi connectivity index (χ4n) is 1.72. The number of carbonyl (C=O) groups is 2.